The maximum Gasteiger partial charge on any atom is 0.341 e. The Kier molecular flexibility index (Phi) is 5.48. The Morgan fingerprint density at radius 3 is 2.65 bits per heavy atom. The zero-order valence-corrected chi connectivity index (χ0v) is 15.4. The molecule has 0 bridgehead atoms. The van der Waals surface area contributed by atoms with E-state index in [1.807, 2.05) is 17.5 Å². The summed E-state index contributed by atoms with van der Waals surface area (Å²) < 4.78 is 6.67. The largest absolute Gasteiger partial charge is 0.462 e. The lowest BCUT2D eigenvalue weighted by molar-refractivity contribution is 0.0525. The van der Waals surface area contributed by atoms with Gasteiger partial charge in [-0.1, -0.05) is 6.07 Å². The van der Waals surface area contributed by atoms with Gasteiger partial charge >= 0.3 is 5.97 Å². The summed E-state index contributed by atoms with van der Waals surface area (Å²) in [5, 5.41) is 9.12. The molecule has 0 aliphatic heterocycles. The van der Waals surface area contributed by atoms with Crippen LogP contribution in [0.2, 0.25) is 0 Å². The Bertz CT molecular complexity index is 899. The minimum atomic E-state index is -0.388. The van der Waals surface area contributed by atoms with Crippen LogP contribution in [0.3, 0.4) is 0 Å². The average Bonchev–Trinajstić information content (AvgIpc) is 3.29. The van der Waals surface area contributed by atoms with E-state index in [4.69, 9.17) is 4.74 Å². The second-order valence-electron chi connectivity index (χ2n) is 5.58. The number of esters is 1. The summed E-state index contributed by atoms with van der Waals surface area (Å²) in [6, 6.07) is 11.0. The second-order valence-corrected chi connectivity index (χ2v) is 6.62. The molecule has 3 rings (SSSR count). The molecule has 7 heteroatoms. The fraction of sp³-hybridized carbons (Fsp3) is 0.211. The van der Waals surface area contributed by atoms with Crippen molar-refractivity contribution in [2.75, 3.05) is 6.61 Å². The van der Waals surface area contributed by atoms with Gasteiger partial charge < -0.3 is 10.1 Å². The lowest BCUT2D eigenvalue weighted by Crippen LogP contribution is -2.22. The van der Waals surface area contributed by atoms with Crippen molar-refractivity contribution in [1.29, 1.82) is 0 Å². The molecule has 0 aliphatic rings. The molecule has 6 nitrogen and oxygen atoms in total. The smallest absolute Gasteiger partial charge is 0.341 e. The van der Waals surface area contributed by atoms with Crippen LogP contribution in [0.1, 0.15) is 38.2 Å². The van der Waals surface area contributed by atoms with Crippen molar-refractivity contribution < 1.29 is 14.3 Å². The minimum absolute atomic E-state index is 0.130. The monoisotopic (exact) mass is 369 g/mol. The number of aromatic nitrogens is 2. The number of ether oxygens (including phenoxy) is 1. The summed E-state index contributed by atoms with van der Waals surface area (Å²) in [5.74, 6) is -0.518. The first-order valence-electron chi connectivity index (χ1n) is 8.23. The van der Waals surface area contributed by atoms with Gasteiger partial charge in [0, 0.05) is 10.4 Å². The van der Waals surface area contributed by atoms with Crippen molar-refractivity contribution in [2.24, 2.45) is 0 Å². The average molecular weight is 369 g/mol. The number of benzene rings is 1. The van der Waals surface area contributed by atoms with Crippen LogP contribution >= 0.6 is 11.3 Å². The highest BCUT2D eigenvalue weighted by atomic mass is 32.1. The van der Waals surface area contributed by atoms with Crippen molar-refractivity contribution in [1.82, 2.24) is 15.1 Å². The van der Waals surface area contributed by atoms with Gasteiger partial charge in [0.1, 0.15) is 5.56 Å². The van der Waals surface area contributed by atoms with Gasteiger partial charge in [-0.3, -0.25) is 4.79 Å². The van der Waals surface area contributed by atoms with Gasteiger partial charge in [-0.05, 0) is 49.6 Å². The van der Waals surface area contributed by atoms with Gasteiger partial charge in [0.2, 0.25) is 0 Å². The number of carbonyl (C=O) groups excluding carboxylic acids is 2. The van der Waals surface area contributed by atoms with Gasteiger partial charge in [-0.25, -0.2) is 9.48 Å². The maximum atomic E-state index is 12.2. The molecule has 0 unspecified atom stereocenters. The van der Waals surface area contributed by atoms with E-state index < -0.39 is 0 Å². The molecule has 2 aromatic heterocycles. The predicted molar refractivity (Wildman–Crippen MR) is 99.7 cm³/mol. The fourth-order valence-electron chi connectivity index (χ4n) is 2.52. The Hall–Kier alpha value is -2.93. The van der Waals surface area contributed by atoms with Crippen molar-refractivity contribution in [3.05, 3.63) is 69.7 Å². The number of carbonyl (C=O) groups is 2. The molecule has 1 amide bonds. The number of nitrogens with one attached hydrogen (secondary N) is 1. The van der Waals surface area contributed by atoms with E-state index in [0.29, 0.717) is 30.0 Å². The van der Waals surface area contributed by atoms with Crippen molar-refractivity contribution >= 4 is 23.2 Å². The minimum Gasteiger partial charge on any atom is -0.462 e. The molecule has 0 saturated heterocycles. The third-order valence-electron chi connectivity index (χ3n) is 3.88. The zero-order valence-electron chi connectivity index (χ0n) is 14.6. The summed E-state index contributed by atoms with van der Waals surface area (Å²) in [6.45, 7) is 4.40. The van der Waals surface area contributed by atoms with Crippen LogP contribution in [-0.4, -0.2) is 28.3 Å². The number of thiophene rings is 1. The first-order chi connectivity index (χ1) is 12.6. The van der Waals surface area contributed by atoms with E-state index in [1.54, 1.807) is 54.1 Å². The first-order valence-corrected chi connectivity index (χ1v) is 9.11. The Morgan fingerprint density at radius 2 is 2.00 bits per heavy atom. The molecular weight excluding hydrogens is 350 g/mol. The van der Waals surface area contributed by atoms with Crippen LogP contribution in [-0.2, 0) is 11.3 Å². The third-order valence-corrected chi connectivity index (χ3v) is 4.76. The molecule has 1 aromatic carbocycles. The van der Waals surface area contributed by atoms with Crippen LogP contribution in [0.15, 0.2) is 48.0 Å². The molecule has 134 valence electrons. The van der Waals surface area contributed by atoms with Crippen molar-refractivity contribution in [3.63, 3.8) is 0 Å². The van der Waals surface area contributed by atoms with Gasteiger partial charge in [-0.2, -0.15) is 5.10 Å². The number of nitrogens with zero attached hydrogens (tertiary/aromatic N) is 2. The van der Waals surface area contributed by atoms with E-state index in [-0.39, 0.29) is 11.9 Å². The quantitative estimate of drug-likeness (QED) is 0.676. The molecule has 3 aromatic rings. The number of rotatable bonds is 6. The van der Waals surface area contributed by atoms with Crippen LogP contribution in [0.25, 0.3) is 5.69 Å². The van der Waals surface area contributed by atoms with Crippen LogP contribution in [0, 0.1) is 6.92 Å². The molecule has 0 saturated carbocycles. The Morgan fingerprint density at radius 1 is 1.23 bits per heavy atom. The number of hydrogen-bond donors (Lipinski definition) is 1. The van der Waals surface area contributed by atoms with E-state index in [0.717, 1.165) is 10.6 Å². The summed E-state index contributed by atoms with van der Waals surface area (Å²) in [6.07, 6.45) is 1.50. The Labute approximate surface area is 155 Å². The molecule has 0 fully saturated rings. The van der Waals surface area contributed by atoms with Crippen molar-refractivity contribution in [2.45, 2.75) is 20.4 Å². The van der Waals surface area contributed by atoms with Crippen LogP contribution < -0.4 is 5.32 Å². The molecule has 0 radical (unpaired) electrons. The lowest BCUT2D eigenvalue weighted by Gasteiger charge is -2.08. The lowest BCUT2D eigenvalue weighted by atomic mass is 10.2. The first kappa shape index (κ1) is 17.9. The van der Waals surface area contributed by atoms with E-state index in [1.165, 1.54) is 6.20 Å². The molecule has 0 atom stereocenters. The van der Waals surface area contributed by atoms with Crippen LogP contribution in [0.5, 0.6) is 0 Å². The van der Waals surface area contributed by atoms with E-state index in [9.17, 15) is 9.59 Å². The van der Waals surface area contributed by atoms with Gasteiger partial charge in [0.05, 0.1) is 30.7 Å². The third kappa shape index (κ3) is 3.83. The molecule has 2 heterocycles. The predicted octanol–water partition coefficient (Wildman–Crippen LogP) is 3.35. The zero-order chi connectivity index (χ0) is 18.5. The highest BCUT2D eigenvalue weighted by molar-refractivity contribution is 7.09. The van der Waals surface area contributed by atoms with E-state index in [2.05, 4.69) is 10.4 Å². The molecular formula is C19H19N3O3S. The normalized spacial score (nSPS) is 10.5. The highest BCUT2D eigenvalue weighted by Crippen LogP contribution is 2.16. The summed E-state index contributed by atoms with van der Waals surface area (Å²) in [7, 11) is 0. The highest BCUT2D eigenvalue weighted by Gasteiger charge is 2.16. The maximum absolute atomic E-state index is 12.2. The van der Waals surface area contributed by atoms with Crippen molar-refractivity contribution in [3.8, 4) is 5.69 Å². The van der Waals surface area contributed by atoms with Crippen LogP contribution in [0.4, 0.5) is 0 Å². The van der Waals surface area contributed by atoms with E-state index >= 15 is 0 Å². The summed E-state index contributed by atoms with van der Waals surface area (Å²) in [4.78, 5) is 25.2. The number of hydrogen-bond acceptors (Lipinski definition) is 5. The summed E-state index contributed by atoms with van der Waals surface area (Å²) in [5.41, 5.74) is 2.47. The second kappa shape index (κ2) is 7.97. The Balaban J connectivity index is 1.71. The fourth-order valence-corrected chi connectivity index (χ4v) is 3.16. The summed E-state index contributed by atoms with van der Waals surface area (Å²) >= 11 is 1.61. The molecule has 0 spiro atoms. The topological polar surface area (TPSA) is 73.2 Å². The van der Waals surface area contributed by atoms with Gasteiger partial charge in [0.15, 0.2) is 0 Å². The standard InChI is InChI=1S/C19H19N3O3S/c1-3-25-19(24)17-12-21-22(13(17)2)15-8-6-14(7-9-15)18(23)20-11-16-5-4-10-26-16/h4-10,12H,3,11H2,1-2H3,(H,20,23). The molecule has 1 N–H and O–H groups in total. The number of amides is 1. The SMILES string of the molecule is CCOC(=O)c1cnn(-c2ccc(C(=O)NCc3cccs3)cc2)c1C. The molecule has 0 aliphatic carbocycles. The molecule has 26 heavy (non-hydrogen) atoms. The van der Waals surface area contributed by atoms with Gasteiger partial charge in [0.25, 0.3) is 5.91 Å². The van der Waals surface area contributed by atoms with Gasteiger partial charge in [-0.15, -0.1) is 11.3 Å².